The van der Waals surface area contributed by atoms with Crippen LogP contribution >= 0.6 is 0 Å². The molecule has 0 bridgehead atoms. The van der Waals surface area contributed by atoms with E-state index in [1.54, 1.807) is 6.20 Å². The molecule has 0 spiro atoms. The fourth-order valence-electron chi connectivity index (χ4n) is 2.64. The fraction of sp³-hybridized carbons (Fsp3) is 0.571. The van der Waals surface area contributed by atoms with Gasteiger partial charge >= 0.3 is 0 Å². The molecule has 1 aliphatic rings. The van der Waals surface area contributed by atoms with E-state index in [1.807, 2.05) is 19.1 Å². The van der Waals surface area contributed by atoms with E-state index in [1.165, 1.54) is 12.8 Å². The van der Waals surface area contributed by atoms with E-state index < -0.39 is 0 Å². The Morgan fingerprint density at radius 1 is 1.44 bits per heavy atom. The summed E-state index contributed by atoms with van der Waals surface area (Å²) in [5, 5.41) is 0. The number of rotatable bonds is 2. The lowest BCUT2D eigenvalue weighted by Gasteiger charge is -2.25. The first-order valence-electron chi connectivity index (χ1n) is 6.14. The van der Waals surface area contributed by atoms with Crippen molar-refractivity contribution in [1.82, 2.24) is 4.98 Å². The van der Waals surface area contributed by atoms with Gasteiger partial charge in [-0.3, -0.25) is 9.78 Å². The van der Waals surface area contributed by atoms with Gasteiger partial charge in [-0.15, -0.1) is 0 Å². The Morgan fingerprint density at radius 3 is 2.94 bits per heavy atom. The van der Waals surface area contributed by atoms with E-state index in [0.29, 0.717) is 11.7 Å². The summed E-state index contributed by atoms with van der Waals surface area (Å²) in [6.07, 6.45) is 6.31. The number of Topliss-reactive ketones (excluding diaryl/α,β-unsaturated/α-hetero) is 1. The molecule has 2 atom stereocenters. The van der Waals surface area contributed by atoms with Crippen molar-refractivity contribution in [2.75, 3.05) is 0 Å². The molecule has 0 radical (unpaired) electrons. The van der Waals surface area contributed by atoms with Crippen LogP contribution in [0.25, 0.3) is 0 Å². The number of nitrogens with zero attached hydrogens (tertiary/aromatic N) is 1. The Labute approximate surface area is 97.1 Å². The Kier molecular flexibility index (Phi) is 3.37. The second kappa shape index (κ2) is 4.77. The Bertz CT molecular complexity index is 386. The Morgan fingerprint density at radius 2 is 2.25 bits per heavy atom. The SMILES string of the molecule is Cc1ncccc1C(=O)C1CCCC(C)C1. The standard InChI is InChI=1S/C14H19NO/c1-10-5-3-6-12(9-10)14(16)13-7-4-8-15-11(13)2/h4,7-8,10,12H,3,5-6,9H2,1-2H3. The van der Waals surface area contributed by atoms with Crippen molar-refractivity contribution in [3.05, 3.63) is 29.6 Å². The van der Waals surface area contributed by atoms with Crippen LogP contribution in [0.2, 0.25) is 0 Å². The largest absolute Gasteiger partial charge is 0.294 e. The van der Waals surface area contributed by atoms with Crippen LogP contribution in [-0.4, -0.2) is 10.8 Å². The van der Waals surface area contributed by atoms with Gasteiger partial charge in [0.15, 0.2) is 5.78 Å². The van der Waals surface area contributed by atoms with Gasteiger partial charge in [0.1, 0.15) is 0 Å². The topological polar surface area (TPSA) is 30.0 Å². The molecule has 0 N–H and O–H groups in total. The zero-order valence-electron chi connectivity index (χ0n) is 10.1. The number of hydrogen-bond acceptors (Lipinski definition) is 2. The van der Waals surface area contributed by atoms with Crippen molar-refractivity contribution in [2.24, 2.45) is 11.8 Å². The molecule has 2 unspecified atom stereocenters. The number of pyridine rings is 1. The molecule has 1 fully saturated rings. The maximum atomic E-state index is 12.3. The first kappa shape index (κ1) is 11.3. The smallest absolute Gasteiger partial charge is 0.167 e. The third kappa shape index (κ3) is 2.31. The highest BCUT2D eigenvalue weighted by atomic mass is 16.1. The molecule has 1 aromatic heterocycles. The lowest BCUT2D eigenvalue weighted by Crippen LogP contribution is -2.22. The maximum Gasteiger partial charge on any atom is 0.167 e. The van der Waals surface area contributed by atoms with Crippen molar-refractivity contribution in [2.45, 2.75) is 39.5 Å². The van der Waals surface area contributed by atoms with E-state index in [2.05, 4.69) is 11.9 Å². The molecule has 2 nitrogen and oxygen atoms in total. The van der Waals surface area contributed by atoms with Crippen LogP contribution in [0.15, 0.2) is 18.3 Å². The summed E-state index contributed by atoms with van der Waals surface area (Å²) in [4.78, 5) is 16.5. The van der Waals surface area contributed by atoms with Gasteiger partial charge in [0.25, 0.3) is 0 Å². The summed E-state index contributed by atoms with van der Waals surface area (Å²) >= 11 is 0. The molecule has 86 valence electrons. The number of aryl methyl sites for hydroxylation is 1. The summed E-state index contributed by atoms with van der Waals surface area (Å²) in [5.74, 6) is 1.23. The molecule has 1 aromatic rings. The molecule has 1 saturated carbocycles. The molecule has 16 heavy (non-hydrogen) atoms. The number of carbonyl (C=O) groups is 1. The Balaban J connectivity index is 2.16. The van der Waals surface area contributed by atoms with Gasteiger partial charge in [0.2, 0.25) is 0 Å². The third-order valence-electron chi connectivity index (χ3n) is 3.58. The lowest BCUT2D eigenvalue weighted by molar-refractivity contribution is 0.0867. The van der Waals surface area contributed by atoms with E-state index >= 15 is 0 Å². The average molecular weight is 217 g/mol. The highest BCUT2D eigenvalue weighted by Gasteiger charge is 2.26. The number of hydrogen-bond donors (Lipinski definition) is 0. The quantitative estimate of drug-likeness (QED) is 0.711. The van der Waals surface area contributed by atoms with E-state index in [9.17, 15) is 4.79 Å². The molecule has 0 saturated heterocycles. The molecule has 0 aliphatic heterocycles. The van der Waals surface area contributed by atoms with Gasteiger partial charge in [0, 0.05) is 23.4 Å². The van der Waals surface area contributed by atoms with Gasteiger partial charge in [-0.1, -0.05) is 19.8 Å². The third-order valence-corrected chi connectivity index (χ3v) is 3.58. The van der Waals surface area contributed by atoms with E-state index in [-0.39, 0.29) is 5.92 Å². The maximum absolute atomic E-state index is 12.3. The van der Waals surface area contributed by atoms with Crippen LogP contribution in [0.5, 0.6) is 0 Å². The van der Waals surface area contributed by atoms with Gasteiger partial charge in [-0.05, 0) is 37.8 Å². The second-order valence-electron chi connectivity index (χ2n) is 4.97. The minimum absolute atomic E-state index is 0.228. The van der Waals surface area contributed by atoms with Crippen LogP contribution < -0.4 is 0 Å². The summed E-state index contributed by atoms with van der Waals surface area (Å²) in [6.45, 7) is 4.16. The predicted molar refractivity (Wildman–Crippen MR) is 64.4 cm³/mol. The first-order valence-corrected chi connectivity index (χ1v) is 6.14. The molecule has 2 rings (SSSR count). The monoisotopic (exact) mass is 217 g/mol. The van der Waals surface area contributed by atoms with Gasteiger partial charge in [-0.2, -0.15) is 0 Å². The van der Waals surface area contributed by atoms with Crippen LogP contribution in [0.3, 0.4) is 0 Å². The minimum atomic E-state index is 0.228. The number of carbonyl (C=O) groups excluding carboxylic acids is 1. The lowest BCUT2D eigenvalue weighted by atomic mass is 9.78. The van der Waals surface area contributed by atoms with E-state index in [0.717, 1.165) is 24.1 Å². The van der Waals surface area contributed by atoms with Crippen molar-refractivity contribution < 1.29 is 4.79 Å². The normalized spacial score (nSPS) is 25.4. The molecule has 1 heterocycles. The molecular formula is C14H19NO. The summed E-state index contributed by atoms with van der Waals surface area (Å²) < 4.78 is 0. The molecule has 0 aromatic carbocycles. The zero-order chi connectivity index (χ0) is 11.5. The molecule has 1 aliphatic carbocycles. The van der Waals surface area contributed by atoms with Crippen LogP contribution in [0.1, 0.15) is 48.7 Å². The fourth-order valence-corrected chi connectivity index (χ4v) is 2.64. The predicted octanol–water partition coefficient (Wildman–Crippen LogP) is 3.40. The Hall–Kier alpha value is -1.18. The van der Waals surface area contributed by atoms with Crippen molar-refractivity contribution >= 4 is 5.78 Å². The summed E-state index contributed by atoms with van der Waals surface area (Å²) in [6, 6.07) is 3.76. The number of ketones is 1. The summed E-state index contributed by atoms with van der Waals surface area (Å²) in [5.41, 5.74) is 1.69. The van der Waals surface area contributed by atoms with E-state index in [4.69, 9.17) is 0 Å². The zero-order valence-corrected chi connectivity index (χ0v) is 10.1. The minimum Gasteiger partial charge on any atom is -0.294 e. The van der Waals surface area contributed by atoms with Gasteiger partial charge < -0.3 is 0 Å². The highest BCUT2D eigenvalue weighted by molar-refractivity contribution is 5.98. The highest BCUT2D eigenvalue weighted by Crippen LogP contribution is 2.31. The summed E-state index contributed by atoms with van der Waals surface area (Å²) in [7, 11) is 0. The van der Waals surface area contributed by atoms with Crippen LogP contribution in [0.4, 0.5) is 0 Å². The molecular weight excluding hydrogens is 198 g/mol. The average Bonchev–Trinajstić information content (AvgIpc) is 2.29. The van der Waals surface area contributed by atoms with Gasteiger partial charge in [-0.25, -0.2) is 0 Å². The molecule has 0 amide bonds. The first-order chi connectivity index (χ1) is 7.68. The van der Waals surface area contributed by atoms with Gasteiger partial charge in [0.05, 0.1) is 0 Å². The van der Waals surface area contributed by atoms with Crippen molar-refractivity contribution in [3.8, 4) is 0 Å². The molecule has 2 heteroatoms. The van der Waals surface area contributed by atoms with Crippen molar-refractivity contribution in [1.29, 1.82) is 0 Å². The second-order valence-corrected chi connectivity index (χ2v) is 4.97. The van der Waals surface area contributed by atoms with Crippen molar-refractivity contribution in [3.63, 3.8) is 0 Å². The van der Waals surface area contributed by atoms with Crippen LogP contribution in [-0.2, 0) is 0 Å². The van der Waals surface area contributed by atoms with Crippen LogP contribution in [0, 0.1) is 18.8 Å². The number of aromatic nitrogens is 1.